The standard InChI is InChI=1S/C28H38FN9O3/c1-27(2,3)41-26(40)35-23-22-24(32-15-31-23)38(16-33-22)13-19-18(12-36(4)5)20(29)8-9-21(19)37-11-10-28(30,14-37)25(39)34-17-6-7-17/h8-9,15-17H,6-7,10-14,30H2,1-5H3,(H,34,39)(H,31,32,35,40)/t28-/m1/s1. The Morgan fingerprint density at radius 1 is 1.20 bits per heavy atom. The third-order valence-corrected chi connectivity index (χ3v) is 7.18. The first-order valence-corrected chi connectivity index (χ1v) is 13.8. The van der Waals surface area contributed by atoms with Gasteiger partial charge >= 0.3 is 6.09 Å². The quantitative estimate of drug-likeness (QED) is 0.374. The van der Waals surface area contributed by atoms with E-state index in [4.69, 9.17) is 10.5 Å². The highest BCUT2D eigenvalue weighted by atomic mass is 19.1. The summed E-state index contributed by atoms with van der Waals surface area (Å²) < 4.78 is 22.5. The zero-order valence-electron chi connectivity index (χ0n) is 24.2. The number of rotatable bonds is 8. The molecular weight excluding hydrogens is 529 g/mol. The Morgan fingerprint density at radius 3 is 2.63 bits per heavy atom. The number of fused-ring (bicyclic) bond motifs is 1. The second kappa shape index (κ2) is 10.9. The topological polar surface area (TPSA) is 144 Å². The van der Waals surface area contributed by atoms with Crippen molar-refractivity contribution < 1.29 is 18.7 Å². The lowest BCUT2D eigenvalue weighted by Gasteiger charge is -2.28. The highest BCUT2D eigenvalue weighted by Gasteiger charge is 2.43. The number of carbonyl (C=O) groups excluding carboxylic acids is 2. The Kier molecular flexibility index (Phi) is 7.60. The van der Waals surface area contributed by atoms with Crippen molar-refractivity contribution in [2.75, 3.05) is 37.4 Å². The molecule has 1 saturated heterocycles. The maximum Gasteiger partial charge on any atom is 0.413 e. The SMILES string of the molecule is CN(C)Cc1c(F)ccc(N2CC[C@](N)(C(=O)NC3CC3)C2)c1Cn1cnc2c(NC(=O)OC(C)(C)C)ncnc21. The number of carbonyl (C=O) groups is 2. The maximum atomic E-state index is 15.3. The first-order valence-electron chi connectivity index (χ1n) is 13.8. The number of nitrogens with one attached hydrogen (secondary N) is 2. The number of anilines is 2. The van der Waals surface area contributed by atoms with E-state index in [1.54, 1.807) is 37.7 Å². The number of halogens is 1. The molecule has 0 bridgehead atoms. The molecule has 1 aliphatic carbocycles. The largest absolute Gasteiger partial charge is 0.444 e. The van der Waals surface area contributed by atoms with E-state index < -0.39 is 17.2 Å². The fraction of sp³-hybridized carbons (Fsp3) is 0.536. The molecule has 0 radical (unpaired) electrons. The summed E-state index contributed by atoms with van der Waals surface area (Å²) in [6.45, 7) is 6.81. The molecule has 220 valence electrons. The Morgan fingerprint density at radius 2 is 1.95 bits per heavy atom. The number of nitrogens with zero attached hydrogens (tertiary/aromatic N) is 6. The molecule has 0 unspecified atom stereocenters. The summed E-state index contributed by atoms with van der Waals surface area (Å²) in [7, 11) is 3.76. The van der Waals surface area contributed by atoms with Gasteiger partial charge in [-0.25, -0.2) is 24.1 Å². The molecule has 41 heavy (non-hydrogen) atoms. The van der Waals surface area contributed by atoms with Crippen LogP contribution >= 0.6 is 0 Å². The van der Waals surface area contributed by atoms with Gasteiger partial charge in [-0.15, -0.1) is 0 Å². The molecule has 1 aromatic carbocycles. The van der Waals surface area contributed by atoms with Gasteiger partial charge < -0.3 is 30.2 Å². The molecule has 1 saturated carbocycles. The molecule has 2 aromatic heterocycles. The number of hydrogen-bond acceptors (Lipinski definition) is 9. The van der Waals surface area contributed by atoms with Crippen LogP contribution in [0, 0.1) is 5.82 Å². The van der Waals surface area contributed by atoms with E-state index in [0.29, 0.717) is 42.8 Å². The molecule has 2 fully saturated rings. The molecule has 3 aromatic rings. The average molecular weight is 568 g/mol. The Balaban J connectivity index is 1.48. The van der Waals surface area contributed by atoms with Gasteiger partial charge in [0.25, 0.3) is 0 Å². The number of ether oxygens (including phenoxy) is 1. The van der Waals surface area contributed by atoms with Gasteiger partial charge in [0.05, 0.1) is 12.9 Å². The van der Waals surface area contributed by atoms with E-state index in [1.165, 1.54) is 12.4 Å². The number of amides is 2. The van der Waals surface area contributed by atoms with E-state index in [-0.39, 0.29) is 30.1 Å². The Labute approximate surface area is 238 Å². The van der Waals surface area contributed by atoms with Gasteiger partial charge in [-0.3, -0.25) is 10.1 Å². The van der Waals surface area contributed by atoms with E-state index >= 15 is 4.39 Å². The number of nitrogens with two attached hydrogens (primary N) is 1. The monoisotopic (exact) mass is 567 g/mol. The van der Waals surface area contributed by atoms with Gasteiger partial charge in [0, 0.05) is 42.5 Å². The summed E-state index contributed by atoms with van der Waals surface area (Å²) in [5, 5.41) is 5.68. The number of benzene rings is 1. The van der Waals surface area contributed by atoms with Crippen LogP contribution in [0.1, 0.15) is 51.2 Å². The minimum absolute atomic E-state index is 0.137. The molecule has 1 aliphatic heterocycles. The smallest absolute Gasteiger partial charge is 0.413 e. The third kappa shape index (κ3) is 6.41. The van der Waals surface area contributed by atoms with Crippen molar-refractivity contribution in [1.82, 2.24) is 29.7 Å². The normalized spacial score (nSPS) is 19.2. The first kappa shape index (κ1) is 28.7. The van der Waals surface area contributed by atoms with Crippen molar-refractivity contribution in [2.24, 2.45) is 5.73 Å². The lowest BCUT2D eigenvalue weighted by atomic mass is 9.98. The lowest BCUT2D eigenvalue weighted by molar-refractivity contribution is -0.125. The second-order valence-corrected chi connectivity index (χ2v) is 12.2. The van der Waals surface area contributed by atoms with Gasteiger partial charge in [-0.2, -0.15) is 0 Å². The zero-order valence-corrected chi connectivity index (χ0v) is 24.2. The second-order valence-electron chi connectivity index (χ2n) is 12.2. The molecule has 0 spiro atoms. The number of imidazole rings is 1. The molecule has 4 N–H and O–H groups in total. The van der Waals surface area contributed by atoms with Gasteiger partial charge in [0.1, 0.15) is 23.3 Å². The molecule has 3 heterocycles. The fourth-order valence-corrected chi connectivity index (χ4v) is 5.05. The van der Waals surface area contributed by atoms with Gasteiger partial charge in [0.2, 0.25) is 5.91 Å². The minimum atomic E-state index is -1.02. The van der Waals surface area contributed by atoms with E-state index in [2.05, 4.69) is 30.5 Å². The van der Waals surface area contributed by atoms with Gasteiger partial charge in [0.15, 0.2) is 17.0 Å². The minimum Gasteiger partial charge on any atom is -0.444 e. The predicted octanol–water partition coefficient (Wildman–Crippen LogP) is 2.61. The van der Waals surface area contributed by atoms with Crippen molar-refractivity contribution >= 4 is 34.7 Å². The van der Waals surface area contributed by atoms with Crippen LogP contribution in [0.3, 0.4) is 0 Å². The molecule has 2 amide bonds. The van der Waals surface area contributed by atoms with Crippen molar-refractivity contribution in [2.45, 2.75) is 70.3 Å². The predicted molar refractivity (Wildman–Crippen MR) is 153 cm³/mol. The summed E-state index contributed by atoms with van der Waals surface area (Å²) in [5.74, 6) is -0.249. The van der Waals surface area contributed by atoms with Crippen LogP contribution in [0.5, 0.6) is 0 Å². The van der Waals surface area contributed by atoms with Crippen LogP contribution in [0.15, 0.2) is 24.8 Å². The Hall–Kier alpha value is -3.84. The van der Waals surface area contributed by atoms with Crippen LogP contribution in [0.2, 0.25) is 0 Å². The lowest BCUT2D eigenvalue weighted by Crippen LogP contribution is -2.56. The molecule has 12 nitrogen and oxygen atoms in total. The summed E-state index contributed by atoms with van der Waals surface area (Å²) >= 11 is 0. The zero-order chi connectivity index (χ0) is 29.5. The highest BCUT2D eigenvalue weighted by molar-refractivity contribution is 5.93. The third-order valence-electron chi connectivity index (χ3n) is 7.18. The Bertz CT molecular complexity index is 1460. The van der Waals surface area contributed by atoms with Crippen molar-refractivity contribution in [1.29, 1.82) is 0 Å². The van der Waals surface area contributed by atoms with Crippen LogP contribution < -0.4 is 21.3 Å². The van der Waals surface area contributed by atoms with Crippen molar-refractivity contribution in [3.05, 3.63) is 41.7 Å². The molecule has 1 atom stereocenters. The highest BCUT2D eigenvalue weighted by Crippen LogP contribution is 2.34. The molecular formula is C28H38FN9O3. The molecule has 2 aliphatic rings. The summed E-state index contributed by atoms with van der Waals surface area (Å²) in [6, 6.07) is 3.43. The molecule has 13 heteroatoms. The number of hydrogen-bond donors (Lipinski definition) is 3. The number of aromatic nitrogens is 4. The average Bonchev–Trinajstić information content (AvgIpc) is 3.45. The maximum absolute atomic E-state index is 15.3. The van der Waals surface area contributed by atoms with Crippen LogP contribution in [-0.4, -0.2) is 80.8 Å². The summed E-state index contributed by atoms with van der Waals surface area (Å²) in [4.78, 5) is 42.3. The van der Waals surface area contributed by atoms with Crippen LogP contribution in [-0.2, 0) is 22.6 Å². The van der Waals surface area contributed by atoms with Crippen molar-refractivity contribution in [3.63, 3.8) is 0 Å². The first-order chi connectivity index (χ1) is 19.3. The summed E-state index contributed by atoms with van der Waals surface area (Å²) in [6.07, 6.45) is 4.73. The molecule has 5 rings (SSSR count). The fourth-order valence-electron chi connectivity index (χ4n) is 5.05. The van der Waals surface area contributed by atoms with Gasteiger partial charge in [-0.05, 0) is 66.3 Å². The van der Waals surface area contributed by atoms with Crippen LogP contribution in [0.25, 0.3) is 11.2 Å². The van der Waals surface area contributed by atoms with E-state index in [9.17, 15) is 9.59 Å². The van der Waals surface area contributed by atoms with Crippen LogP contribution in [0.4, 0.5) is 20.7 Å². The van der Waals surface area contributed by atoms with Gasteiger partial charge in [-0.1, -0.05) is 0 Å². The van der Waals surface area contributed by atoms with Crippen molar-refractivity contribution in [3.8, 4) is 0 Å². The van der Waals surface area contributed by atoms with E-state index in [1.807, 2.05) is 19.0 Å². The van der Waals surface area contributed by atoms with E-state index in [0.717, 1.165) is 24.1 Å². The summed E-state index contributed by atoms with van der Waals surface area (Å²) in [5.41, 5.74) is 7.82.